The van der Waals surface area contributed by atoms with Gasteiger partial charge in [0.15, 0.2) is 9.84 Å². The van der Waals surface area contributed by atoms with E-state index in [9.17, 15) is 8.42 Å². The van der Waals surface area contributed by atoms with E-state index in [0.29, 0.717) is 24.7 Å². The molecule has 5 nitrogen and oxygen atoms in total. The molecule has 0 heterocycles. The number of ether oxygens (including phenoxy) is 2. The van der Waals surface area contributed by atoms with Crippen molar-refractivity contribution >= 4 is 9.84 Å². The molecular weight excluding hydrogens is 278 g/mol. The zero-order chi connectivity index (χ0) is 15.0. The number of nitrogens with two attached hydrogens (primary N) is 1. The van der Waals surface area contributed by atoms with Gasteiger partial charge in [-0.05, 0) is 31.5 Å². The lowest BCUT2D eigenvalue weighted by atomic mass is 10.2. The maximum absolute atomic E-state index is 12.1. The van der Waals surface area contributed by atoms with Crippen LogP contribution in [0, 0.1) is 0 Å². The number of hydrogen-bond donors (Lipinski definition) is 1. The van der Waals surface area contributed by atoms with Crippen LogP contribution in [0.15, 0.2) is 29.2 Å². The molecule has 0 spiro atoms. The summed E-state index contributed by atoms with van der Waals surface area (Å²) in [4.78, 5) is 0.294. The lowest BCUT2D eigenvalue weighted by molar-refractivity contribution is 0.0235. The van der Waals surface area contributed by atoms with Crippen LogP contribution in [0.25, 0.3) is 0 Å². The van der Waals surface area contributed by atoms with Crippen molar-refractivity contribution in [1.82, 2.24) is 0 Å². The first-order chi connectivity index (χ1) is 9.45. The van der Waals surface area contributed by atoms with E-state index in [-0.39, 0.29) is 18.5 Å². The van der Waals surface area contributed by atoms with E-state index in [2.05, 4.69) is 0 Å². The highest BCUT2D eigenvalue weighted by atomic mass is 32.2. The molecule has 0 amide bonds. The summed E-state index contributed by atoms with van der Waals surface area (Å²) in [6.07, 6.45) is 0.154. The third-order valence-corrected chi connectivity index (χ3v) is 4.34. The summed E-state index contributed by atoms with van der Waals surface area (Å²) in [5.74, 6) is -0.0390. The highest BCUT2D eigenvalue weighted by molar-refractivity contribution is 7.91. The second-order valence-corrected chi connectivity index (χ2v) is 6.81. The van der Waals surface area contributed by atoms with Crippen molar-refractivity contribution in [1.29, 1.82) is 0 Å². The van der Waals surface area contributed by atoms with E-state index in [1.807, 2.05) is 13.8 Å². The molecule has 0 aromatic heterocycles. The lowest BCUT2D eigenvalue weighted by Crippen LogP contribution is -2.16. The van der Waals surface area contributed by atoms with E-state index in [4.69, 9.17) is 15.2 Å². The fourth-order valence-corrected chi connectivity index (χ4v) is 2.79. The Hall–Kier alpha value is -0.950. The van der Waals surface area contributed by atoms with Crippen LogP contribution in [-0.4, -0.2) is 40.1 Å². The number of benzene rings is 1. The van der Waals surface area contributed by atoms with Gasteiger partial charge in [-0.15, -0.1) is 0 Å². The van der Waals surface area contributed by atoms with Gasteiger partial charge in [-0.1, -0.05) is 12.1 Å². The molecule has 0 bridgehead atoms. The third kappa shape index (κ3) is 6.00. The zero-order valence-electron chi connectivity index (χ0n) is 12.0. The van der Waals surface area contributed by atoms with Gasteiger partial charge in [0, 0.05) is 6.54 Å². The maximum atomic E-state index is 12.1. The summed E-state index contributed by atoms with van der Waals surface area (Å²) < 4.78 is 34.7. The second kappa shape index (κ2) is 8.36. The number of rotatable bonds is 9. The van der Waals surface area contributed by atoms with Gasteiger partial charge in [0.1, 0.15) is 0 Å². The molecule has 0 atom stereocenters. The number of sulfone groups is 1. The Kier molecular flexibility index (Phi) is 7.15. The molecule has 20 heavy (non-hydrogen) atoms. The summed E-state index contributed by atoms with van der Waals surface area (Å²) in [5, 5.41) is 0. The molecule has 0 aliphatic carbocycles. The molecule has 1 aromatic rings. The van der Waals surface area contributed by atoms with Gasteiger partial charge in [-0.3, -0.25) is 0 Å². The average Bonchev–Trinajstić information content (AvgIpc) is 2.42. The zero-order valence-corrected chi connectivity index (χ0v) is 12.9. The highest BCUT2D eigenvalue weighted by Gasteiger charge is 2.14. The van der Waals surface area contributed by atoms with Crippen LogP contribution in [0.2, 0.25) is 0 Å². The van der Waals surface area contributed by atoms with Crippen LogP contribution >= 0.6 is 0 Å². The topological polar surface area (TPSA) is 78.6 Å². The van der Waals surface area contributed by atoms with E-state index >= 15 is 0 Å². The molecule has 0 saturated heterocycles. The van der Waals surface area contributed by atoms with Gasteiger partial charge in [-0.25, -0.2) is 8.42 Å². The molecule has 0 aliphatic rings. The van der Waals surface area contributed by atoms with Crippen molar-refractivity contribution in [2.75, 3.05) is 25.6 Å². The molecule has 6 heteroatoms. The van der Waals surface area contributed by atoms with Crippen LogP contribution in [0.4, 0.5) is 0 Å². The van der Waals surface area contributed by atoms with Crippen LogP contribution in [0.1, 0.15) is 19.4 Å². The van der Waals surface area contributed by atoms with Gasteiger partial charge in [0.25, 0.3) is 0 Å². The summed E-state index contributed by atoms with van der Waals surface area (Å²) in [6.45, 7) is 5.24. The molecule has 0 fully saturated rings. The third-order valence-electron chi connectivity index (χ3n) is 2.67. The SMILES string of the molecule is CC(C)OCCOCCS(=O)(=O)c1cccc(CN)c1. The standard InChI is InChI=1S/C14H23NO4S/c1-12(2)19-7-6-18-8-9-20(16,17)14-5-3-4-13(10-14)11-15/h3-5,10,12H,6-9,11,15H2,1-2H3. The average molecular weight is 301 g/mol. The minimum absolute atomic E-state index is 0.0390. The molecule has 2 N–H and O–H groups in total. The van der Waals surface area contributed by atoms with Gasteiger partial charge >= 0.3 is 0 Å². The molecular formula is C14H23NO4S. The van der Waals surface area contributed by atoms with E-state index in [1.54, 1.807) is 24.3 Å². The predicted molar refractivity (Wildman–Crippen MR) is 78.3 cm³/mol. The Balaban J connectivity index is 2.41. The summed E-state index contributed by atoms with van der Waals surface area (Å²) in [7, 11) is -3.32. The molecule has 1 aromatic carbocycles. The minimum atomic E-state index is -3.32. The van der Waals surface area contributed by atoms with Crippen molar-refractivity contribution in [2.45, 2.75) is 31.4 Å². The van der Waals surface area contributed by atoms with Gasteiger partial charge in [0.2, 0.25) is 0 Å². The Labute approximate surface area is 121 Å². The van der Waals surface area contributed by atoms with Crippen LogP contribution in [0.5, 0.6) is 0 Å². The smallest absolute Gasteiger partial charge is 0.180 e. The molecule has 0 saturated carbocycles. The molecule has 114 valence electrons. The largest absolute Gasteiger partial charge is 0.378 e. The lowest BCUT2D eigenvalue weighted by Gasteiger charge is -2.09. The fraction of sp³-hybridized carbons (Fsp3) is 0.571. The van der Waals surface area contributed by atoms with Gasteiger partial charge < -0.3 is 15.2 Å². The minimum Gasteiger partial charge on any atom is -0.378 e. The Morgan fingerprint density at radius 2 is 1.95 bits per heavy atom. The van der Waals surface area contributed by atoms with Crippen molar-refractivity contribution in [3.8, 4) is 0 Å². The monoisotopic (exact) mass is 301 g/mol. The van der Waals surface area contributed by atoms with Crippen LogP contribution in [-0.2, 0) is 25.9 Å². The molecule has 0 aliphatic heterocycles. The summed E-state index contributed by atoms with van der Waals surface area (Å²) in [5.41, 5.74) is 6.31. The van der Waals surface area contributed by atoms with Crippen molar-refractivity contribution < 1.29 is 17.9 Å². The molecule has 0 radical (unpaired) electrons. The van der Waals surface area contributed by atoms with E-state index in [0.717, 1.165) is 5.56 Å². The first-order valence-electron chi connectivity index (χ1n) is 6.67. The first-order valence-corrected chi connectivity index (χ1v) is 8.32. The number of hydrogen-bond acceptors (Lipinski definition) is 5. The molecule has 0 unspecified atom stereocenters. The Morgan fingerprint density at radius 3 is 2.60 bits per heavy atom. The Bertz CT molecular complexity index is 500. The fourth-order valence-electron chi connectivity index (χ4n) is 1.60. The van der Waals surface area contributed by atoms with Crippen LogP contribution < -0.4 is 5.73 Å². The predicted octanol–water partition coefficient (Wildman–Crippen LogP) is 1.36. The van der Waals surface area contributed by atoms with Crippen molar-refractivity contribution in [3.63, 3.8) is 0 Å². The van der Waals surface area contributed by atoms with Gasteiger partial charge in [-0.2, -0.15) is 0 Å². The van der Waals surface area contributed by atoms with Crippen molar-refractivity contribution in [3.05, 3.63) is 29.8 Å². The normalized spacial score (nSPS) is 12.0. The second-order valence-electron chi connectivity index (χ2n) is 4.70. The summed E-state index contributed by atoms with van der Waals surface area (Å²) >= 11 is 0. The first kappa shape index (κ1) is 17.1. The van der Waals surface area contributed by atoms with Crippen LogP contribution in [0.3, 0.4) is 0 Å². The quantitative estimate of drug-likeness (QED) is 0.697. The van der Waals surface area contributed by atoms with E-state index in [1.165, 1.54) is 0 Å². The van der Waals surface area contributed by atoms with Gasteiger partial charge in [0.05, 0.1) is 36.6 Å². The van der Waals surface area contributed by atoms with E-state index < -0.39 is 9.84 Å². The maximum Gasteiger partial charge on any atom is 0.180 e. The summed E-state index contributed by atoms with van der Waals surface area (Å²) in [6, 6.07) is 6.69. The van der Waals surface area contributed by atoms with Crippen molar-refractivity contribution in [2.24, 2.45) is 5.73 Å². The molecule has 1 rings (SSSR count). The highest BCUT2D eigenvalue weighted by Crippen LogP contribution is 2.13. The Morgan fingerprint density at radius 1 is 1.20 bits per heavy atom.